The van der Waals surface area contributed by atoms with Crippen molar-refractivity contribution < 1.29 is 18.8 Å². The average molecular weight is 407 g/mol. The lowest BCUT2D eigenvalue weighted by atomic mass is 10.1. The molecule has 0 aliphatic heterocycles. The highest BCUT2D eigenvalue weighted by atomic mass is 35.5. The second kappa shape index (κ2) is 8.88. The Morgan fingerprint density at radius 3 is 2.59 bits per heavy atom. The van der Waals surface area contributed by atoms with Crippen LogP contribution in [0.3, 0.4) is 0 Å². The van der Waals surface area contributed by atoms with Gasteiger partial charge in [-0.15, -0.1) is 0 Å². The van der Waals surface area contributed by atoms with Gasteiger partial charge in [0.1, 0.15) is 5.75 Å². The van der Waals surface area contributed by atoms with E-state index in [0.29, 0.717) is 39.4 Å². The summed E-state index contributed by atoms with van der Waals surface area (Å²) in [4.78, 5) is 16.3. The molecule has 0 aliphatic carbocycles. The van der Waals surface area contributed by atoms with Crippen molar-refractivity contribution in [1.82, 2.24) is 10.1 Å². The Morgan fingerprint density at radius 2 is 1.85 bits per heavy atom. The van der Waals surface area contributed by atoms with Crippen LogP contribution in [0.1, 0.15) is 18.4 Å². The number of hydrogen-bond acceptors (Lipinski definition) is 6. The highest BCUT2D eigenvalue weighted by Gasteiger charge is 2.16. The molecule has 6 nitrogen and oxygen atoms in total. The van der Waals surface area contributed by atoms with Crippen LogP contribution in [0, 0.1) is 0 Å². The molecule has 0 atom stereocenters. The zero-order valence-corrected chi connectivity index (χ0v) is 16.0. The Morgan fingerprint density at radius 1 is 1.11 bits per heavy atom. The first-order valence-electron chi connectivity index (χ1n) is 8.21. The Hall–Kier alpha value is -2.57. The molecule has 0 spiro atoms. The number of nitrogens with zero attached hydrogens (tertiary/aromatic N) is 2. The van der Waals surface area contributed by atoms with Gasteiger partial charge in [-0.25, -0.2) is 0 Å². The molecule has 0 bridgehead atoms. The molecule has 0 fully saturated rings. The van der Waals surface area contributed by atoms with Crippen molar-refractivity contribution in [2.75, 3.05) is 6.61 Å². The van der Waals surface area contributed by atoms with Crippen LogP contribution < -0.4 is 4.74 Å². The number of aromatic nitrogens is 2. The number of benzene rings is 2. The van der Waals surface area contributed by atoms with Gasteiger partial charge in [-0.1, -0.05) is 46.6 Å². The van der Waals surface area contributed by atoms with Gasteiger partial charge < -0.3 is 14.0 Å². The third kappa shape index (κ3) is 4.78. The maximum atomic E-state index is 12.1. The molecule has 0 N–H and O–H groups in total. The third-order valence-electron chi connectivity index (χ3n) is 3.64. The molecule has 3 aromatic rings. The molecule has 0 aliphatic rings. The molecule has 0 radical (unpaired) electrons. The minimum Gasteiger partial charge on any atom is -0.493 e. The first-order chi connectivity index (χ1) is 13.1. The summed E-state index contributed by atoms with van der Waals surface area (Å²) in [5, 5.41) is 4.74. The lowest BCUT2D eigenvalue weighted by molar-refractivity contribution is -0.144. The largest absolute Gasteiger partial charge is 0.493 e. The van der Waals surface area contributed by atoms with Gasteiger partial charge in [0, 0.05) is 15.6 Å². The number of hydrogen-bond donors (Lipinski definition) is 0. The first-order valence-corrected chi connectivity index (χ1v) is 8.97. The number of carbonyl (C=O) groups excluding carboxylic acids is 1. The van der Waals surface area contributed by atoms with Crippen LogP contribution in [0.15, 0.2) is 47.0 Å². The van der Waals surface area contributed by atoms with Crippen molar-refractivity contribution in [3.8, 4) is 17.1 Å². The van der Waals surface area contributed by atoms with Crippen molar-refractivity contribution in [3.05, 3.63) is 64.0 Å². The second-order valence-corrected chi connectivity index (χ2v) is 6.29. The van der Waals surface area contributed by atoms with E-state index >= 15 is 0 Å². The molecule has 140 valence electrons. The predicted octanol–water partition coefficient (Wildman–Crippen LogP) is 4.73. The van der Waals surface area contributed by atoms with E-state index < -0.39 is 5.97 Å². The fourth-order valence-corrected chi connectivity index (χ4v) is 2.93. The number of ether oxygens (including phenoxy) is 2. The highest BCUT2D eigenvalue weighted by Crippen LogP contribution is 2.28. The molecule has 8 heteroatoms. The van der Waals surface area contributed by atoms with Crippen LogP contribution in [0.4, 0.5) is 0 Å². The maximum Gasteiger partial charge on any atom is 0.310 e. The molecule has 0 saturated carbocycles. The zero-order valence-electron chi connectivity index (χ0n) is 14.4. The smallest absolute Gasteiger partial charge is 0.310 e. The van der Waals surface area contributed by atoms with Gasteiger partial charge in [0.15, 0.2) is 6.61 Å². The first kappa shape index (κ1) is 19.2. The van der Waals surface area contributed by atoms with E-state index in [1.54, 1.807) is 18.2 Å². The average Bonchev–Trinajstić information content (AvgIpc) is 3.13. The maximum absolute atomic E-state index is 12.1. The highest BCUT2D eigenvalue weighted by molar-refractivity contribution is 6.36. The summed E-state index contributed by atoms with van der Waals surface area (Å²) in [6.07, 6.45) is -0.0489. The molecule has 0 unspecified atom stereocenters. The molecule has 3 rings (SSSR count). The molecule has 27 heavy (non-hydrogen) atoms. The van der Waals surface area contributed by atoms with Gasteiger partial charge in [0.2, 0.25) is 5.82 Å². The molecular formula is C19H16Cl2N2O4. The number of esters is 1. The van der Waals surface area contributed by atoms with Crippen LogP contribution in [0.25, 0.3) is 11.4 Å². The molecule has 0 saturated heterocycles. The number of carbonyl (C=O) groups is 1. The molecular weight excluding hydrogens is 391 g/mol. The summed E-state index contributed by atoms with van der Waals surface area (Å²) in [6.45, 7) is 2.26. The standard InChI is InChI=1S/C19H16Cl2N2O4/c1-2-25-16-9-4-3-6-12(16)19-22-17(27-23-19)11-26-18(24)10-13-14(20)7-5-8-15(13)21/h3-9H,2,10-11H2,1H3. The number of rotatable bonds is 7. The number of halogens is 2. The summed E-state index contributed by atoms with van der Waals surface area (Å²) < 4.78 is 15.9. The van der Waals surface area contributed by atoms with E-state index in [1.165, 1.54) is 0 Å². The summed E-state index contributed by atoms with van der Waals surface area (Å²) in [7, 11) is 0. The zero-order chi connectivity index (χ0) is 19.2. The molecule has 1 heterocycles. The minimum absolute atomic E-state index is 0.0489. The quantitative estimate of drug-likeness (QED) is 0.528. The van der Waals surface area contributed by atoms with E-state index in [1.807, 2.05) is 31.2 Å². The number of para-hydroxylation sites is 1. The van der Waals surface area contributed by atoms with Crippen LogP contribution in [-0.2, 0) is 22.6 Å². The van der Waals surface area contributed by atoms with Gasteiger partial charge in [0.05, 0.1) is 18.6 Å². The van der Waals surface area contributed by atoms with Gasteiger partial charge >= 0.3 is 5.97 Å². The van der Waals surface area contributed by atoms with E-state index in [2.05, 4.69) is 10.1 Å². The monoisotopic (exact) mass is 406 g/mol. The lowest BCUT2D eigenvalue weighted by Crippen LogP contribution is -2.09. The van der Waals surface area contributed by atoms with Gasteiger partial charge in [-0.05, 0) is 31.2 Å². The minimum atomic E-state index is -0.500. The van der Waals surface area contributed by atoms with Crippen LogP contribution in [-0.4, -0.2) is 22.7 Å². The van der Waals surface area contributed by atoms with Gasteiger partial charge in [0.25, 0.3) is 5.89 Å². The normalized spacial score (nSPS) is 10.6. The van der Waals surface area contributed by atoms with E-state index in [4.69, 9.17) is 37.2 Å². The summed E-state index contributed by atoms with van der Waals surface area (Å²) in [6, 6.07) is 12.4. The third-order valence-corrected chi connectivity index (χ3v) is 4.34. The van der Waals surface area contributed by atoms with Crippen molar-refractivity contribution in [3.63, 3.8) is 0 Å². The van der Waals surface area contributed by atoms with Crippen molar-refractivity contribution in [2.24, 2.45) is 0 Å². The summed E-state index contributed by atoms with van der Waals surface area (Å²) >= 11 is 12.1. The van der Waals surface area contributed by atoms with Crippen LogP contribution in [0.5, 0.6) is 5.75 Å². The van der Waals surface area contributed by atoms with Crippen LogP contribution >= 0.6 is 23.2 Å². The Kier molecular flexibility index (Phi) is 6.32. The van der Waals surface area contributed by atoms with Gasteiger partial charge in [-0.2, -0.15) is 4.98 Å². The topological polar surface area (TPSA) is 74.5 Å². The summed E-state index contributed by atoms with van der Waals surface area (Å²) in [5.41, 5.74) is 1.21. The van der Waals surface area contributed by atoms with Crippen molar-refractivity contribution >= 4 is 29.2 Å². The second-order valence-electron chi connectivity index (χ2n) is 5.48. The Bertz CT molecular complexity index is 923. The fraction of sp³-hybridized carbons (Fsp3) is 0.211. The van der Waals surface area contributed by atoms with Crippen LogP contribution in [0.2, 0.25) is 10.0 Å². The molecule has 0 amide bonds. The Labute approximate surface area is 166 Å². The van der Waals surface area contributed by atoms with E-state index in [-0.39, 0.29) is 18.9 Å². The Balaban J connectivity index is 1.64. The van der Waals surface area contributed by atoms with Gasteiger partial charge in [-0.3, -0.25) is 4.79 Å². The van der Waals surface area contributed by atoms with Crippen molar-refractivity contribution in [1.29, 1.82) is 0 Å². The van der Waals surface area contributed by atoms with Crippen molar-refractivity contribution in [2.45, 2.75) is 20.0 Å². The predicted molar refractivity (Wildman–Crippen MR) is 101 cm³/mol. The van der Waals surface area contributed by atoms with E-state index in [9.17, 15) is 4.79 Å². The summed E-state index contributed by atoms with van der Waals surface area (Å²) in [5.74, 6) is 0.686. The lowest BCUT2D eigenvalue weighted by Gasteiger charge is -2.06. The molecule has 1 aromatic heterocycles. The van der Waals surface area contributed by atoms with E-state index in [0.717, 1.165) is 0 Å². The SMILES string of the molecule is CCOc1ccccc1-c1noc(COC(=O)Cc2c(Cl)cccc2Cl)n1. The molecule has 2 aromatic carbocycles. The fourth-order valence-electron chi connectivity index (χ4n) is 2.39.